The molecule has 0 amide bonds. The predicted octanol–water partition coefficient (Wildman–Crippen LogP) is 4.71. The molecule has 30 heavy (non-hydrogen) atoms. The minimum absolute atomic E-state index is 0.0893. The van der Waals surface area contributed by atoms with Gasteiger partial charge in [0.05, 0.1) is 28.3 Å². The molecule has 0 spiro atoms. The molecular weight excluding hydrogens is 422 g/mol. The molecular formula is C22H18ClN3O3S. The molecule has 152 valence electrons. The Morgan fingerprint density at radius 1 is 1.07 bits per heavy atom. The summed E-state index contributed by atoms with van der Waals surface area (Å²) in [7, 11) is 0. The largest absolute Gasteiger partial charge is 0.320 e. The summed E-state index contributed by atoms with van der Waals surface area (Å²) in [5.74, 6) is 0.635. The number of carbonyl (C=O) groups is 1. The van der Waals surface area contributed by atoms with Gasteiger partial charge in [-0.3, -0.25) is 14.1 Å². The van der Waals surface area contributed by atoms with Gasteiger partial charge >= 0.3 is 0 Å². The fourth-order valence-corrected chi connectivity index (χ4v) is 3.90. The monoisotopic (exact) mass is 439 g/mol. The number of nitrogens with zero attached hydrogens (tertiary/aromatic N) is 2. The van der Waals surface area contributed by atoms with Crippen LogP contribution in [0.4, 0.5) is 5.69 Å². The lowest BCUT2D eigenvalue weighted by molar-refractivity contribution is 0.0972. The van der Waals surface area contributed by atoms with Crippen LogP contribution in [0.3, 0.4) is 0 Å². The highest BCUT2D eigenvalue weighted by molar-refractivity contribution is 7.80. The van der Waals surface area contributed by atoms with E-state index in [-0.39, 0.29) is 23.0 Å². The first-order valence-electron chi connectivity index (χ1n) is 9.19. The summed E-state index contributed by atoms with van der Waals surface area (Å²) in [5.41, 5.74) is 3.41. The lowest BCUT2D eigenvalue weighted by atomic mass is 10.1. The number of nitrogens with one attached hydrogen (secondary N) is 1. The van der Waals surface area contributed by atoms with Crippen molar-refractivity contribution in [3.05, 3.63) is 94.8 Å². The quantitative estimate of drug-likeness (QED) is 0.322. The third-order valence-corrected chi connectivity index (χ3v) is 5.45. The number of Topliss-reactive ketones (excluding diaryl/α,β-unsaturated/α-hetero) is 1. The SMILES string of the molecule is O=C(Cn1c(Cc2ccccc2)nc2ccccc21)c1ccc(Cl)c(NS(=O)O)c1. The number of hydrogen-bond donors (Lipinski definition) is 2. The highest BCUT2D eigenvalue weighted by Gasteiger charge is 2.16. The van der Waals surface area contributed by atoms with E-state index < -0.39 is 11.3 Å². The maximum atomic E-state index is 13.1. The van der Waals surface area contributed by atoms with Crippen LogP contribution in [0.15, 0.2) is 72.8 Å². The van der Waals surface area contributed by atoms with Crippen LogP contribution < -0.4 is 4.72 Å². The summed E-state index contributed by atoms with van der Waals surface area (Å²) < 4.78 is 24.4. The summed E-state index contributed by atoms with van der Waals surface area (Å²) >= 11 is 3.76. The van der Waals surface area contributed by atoms with Crippen molar-refractivity contribution in [2.75, 3.05) is 4.72 Å². The molecule has 1 aromatic heterocycles. The van der Waals surface area contributed by atoms with Gasteiger partial charge in [0.1, 0.15) is 5.82 Å². The summed E-state index contributed by atoms with van der Waals surface area (Å²) in [5, 5.41) is 0.256. The van der Waals surface area contributed by atoms with Crippen LogP contribution in [0.1, 0.15) is 21.7 Å². The Morgan fingerprint density at radius 3 is 2.57 bits per heavy atom. The second-order valence-electron chi connectivity index (χ2n) is 6.73. The molecule has 8 heteroatoms. The molecule has 0 aliphatic carbocycles. The van der Waals surface area contributed by atoms with Gasteiger partial charge < -0.3 is 4.57 Å². The second-order valence-corrected chi connectivity index (χ2v) is 7.84. The molecule has 0 saturated heterocycles. The first-order valence-corrected chi connectivity index (χ1v) is 10.7. The number of rotatable bonds is 7. The van der Waals surface area contributed by atoms with Gasteiger partial charge in [0.15, 0.2) is 5.78 Å². The third kappa shape index (κ3) is 4.43. The van der Waals surface area contributed by atoms with E-state index in [9.17, 15) is 9.00 Å². The number of anilines is 1. The fourth-order valence-electron chi connectivity index (χ4n) is 3.32. The van der Waals surface area contributed by atoms with Gasteiger partial charge in [0.25, 0.3) is 11.3 Å². The number of para-hydroxylation sites is 2. The first-order chi connectivity index (χ1) is 14.5. The number of imidazole rings is 1. The molecule has 0 radical (unpaired) electrons. The Labute approximate surface area is 180 Å². The van der Waals surface area contributed by atoms with Gasteiger partial charge in [-0.05, 0) is 35.9 Å². The zero-order valence-electron chi connectivity index (χ0n) is 15.8. The van der Waals surface area contributed by atoms with Crippen LogP contribution in [-0.2, 0) is 24.2 Å². The molecule has 3 aromatic carbocycles. The molecule has 0 saturated carbocycles. The minimum Gasteiger partial charge on any atom is -0.320 e. The zero-order chi connectivity index (χ0) is 21.1. The zero-order valence-corrected chi connectivity index (χ0v) is 17.4. The normalized spacial score (nSPS) is 12.1. The number of halogens is 1. The standard InChI is InChI=1S/C22H18ClN3O3S/c23-17-11-10-16(13-19(17)25-30(28)29)21(27)14-26-20-9-5-4-8-18(20)24-22(26)12-15-6-2-1-3-7-15/h1-11,13,25H,12,14H2,(H,28,29). The molecule has 2 N–H and O–H groups in total. The van der Waals surface area contributed by atoms with E-state index in [0.717, 1.165) is 22.4 Å². The van der Waals surface area contributed by atoms with E-state index in [0.29, 0.717) is 12.0 Å². The highest BCUT2D eigenvalue weighted by Crippen LogP contribution is 2.25. The molecule has 1 unspecified atom stereocenters. The number of ketones is 1. The number of hydrogen-bond acceptors (Lipinski definition) is 3. The number of carbonyl (C=O) groups excluding carboxylic acids is 1. The average molecular weight is 440 g/mol. The molecule has 0 aliphatic rings. The number of fused-ring (bicyclic) bond motifs is 1. The Balaban J connectivity index is 1.68. The van der Waals surface area contributed by atoms with E-state index in [2.05, 4.69) is 4.72 Å². The van der Waals surface area contributed by atoms with E-state index in [1.165, 1.54) is 12.1 Å². The highest BCUT2D eigenvalue weighted by atomic mass is 35.5. The van der Waals surface area contributed by atoms with Crippen molar-refractivity contribution in [1.82, 2.24) is 9.55 Å². The van der Waals surface area contributed by atoms with Gasteiger partial charge in [-0.1, -0.05) is 54.1 Å². The van der Waals surface area contributed by atoms with Gasteiger partial charge in [0.2, 0.25) is 0 Å². The Kier molecular flexibility index (Phi) is 5.94. The molecule has 1 heterocycles. The van der Waals surface area contributed by atoms with Crippen LogP contribution in [0, 0.1) is 0 Å². The summed E-state index contributed by atoms with van der Waals surface area (Å²) in [6.07, 6.45) is 0.597. The topological polar surface area (TPSA) is 84.2 Å². The van der Waals surface area contributed by atoms with E-state index >= 15 is 0 Å². The van der Waals surface area contributed by atoms with Crippen molar-refractivity contribution < 1.29 is 13.6 Å². The minimum atomic E-state index is -2.29. The second kappa shape index (κ2) is 8.79. The number of aromatic nitrogens is 2. The van der Waals surface area contributed by atoms with Crippen LogP contribution in [-0.4, -0.2) is 24.1 Å². The van der Waals surface area contributed by atoms with Gasteiger partial charge in [-0.25, -0.2) is 9.19 Å². The van der Waals surface area contributed by atoms with Crippen molar-refractivity contribution in [3.63, 3.8) is 0 Å². The Morgan fingerprint density at radius 2 is 1.80 bits per heavy atom. The van der Waals surface area contributed by atoms with Crippen LogP contribution in [0.2, 0.25) is 5.02 Å². The molecule has 0 aliphatic heterocycles. The van der Waals surface area contributed by atoms with Crippen LogP contribution >= 0.6 is 11.6 Å². The molecule has 0 bridgehead atoms. The molecule has 0 fully saturated rings. The summed E-state index contributed by atoms with van der Waals surface area (Å²) in [6.45, 7) is 0.0893. The summed E-state index contributed by atoms with van der Waals surface area (Å²) in [4.78, 5) is 17.8. The average Bonchev–Trinajstić information content (AvgIpc) is 3.07. The molecule has 4 aromatic rings. The smallest absolute Gasteiger partial charge is 0.259 e. The molecule has 1 atom stereocenters. The van der Waals surface area contributed by atoms with Crippen molar-refractivity contribution >= 4 is 45.4 Å². The van der Waals surface area contributed by atoms with Crippen molar-refractivity contribution in [1.29, 1.82) is 0 Å². The number of benzene rings is 3. The van der Waals surface area contributed by atoms with E-state index in [1.807, 2.05) is 59.2 Å². The van der Waals surface area contributed by atoms with Crippen molar-refractivity contribution in [3.8, 4) is 0 Å². The van der Waals surface area contributed by atoms with Crippen LogP contribution in [0.25, 0.3) is 11.0 Å². The van der Waals surface area contributed by atoms with Crippen molar-refractivity contribution in [2.24, 2.45) is 0 Å². The van der Waals surface area contributed by atoms with Crippen LogP contribution in [0.5, 0.6) is 0 Å². The maximum absolute atomic E-state index is 13.1. The van der Waals surface area contributed by atoms with Gasteiger partial charge in [-0.2, -0.15) is 0 Å². The Bertz CT molecular complexity index is 1240. The molecule has 4 rings (SSSR count). The lowest BCUT2D eigenvalue weighted by Gasteiger charge is -2.11. The maximum Gasteiger partial charge on any atom is 0.259 e. The van der Waals surface area contributed by atoms with Gasteiger partial charge in [-0.15, -0.1) is 0 Å². The van der Waals surface area contributed by atoms with E-state index in [4.69, 9.17) is 21.1 Å². The molecule has 6 nitrogen and oxygen atoms in total. The Hall–Kier alpha value is -3.00. The lowest BCUT2D eigenvalue weighted by Crippen LogP contribution is -2.14. The van der Waals surface area contributed by atoms with Crippen molar-refractivity contribution in [2.45, 2.75) is 13.0 Å². The predicted molar refractivity (Wildman–Crippen MR) is 119 cm³/mol. The third-order valence-electron chi connectivity index (χ3n) is 4.73. The summed E-state index contributed by atoms with van der Waals surface area (Å²) in [6, 6.07) is 22.3. The van der Waals surface area contributed by atoms with E-state index in [1.54, 1.807) is 6.07 Å². The first kappa shape index (κ1) is 20.3. The fraction of sp³-hybridized carbons (Fsp3) is 0.0909. The van der Waals surface area contributed by atoms with Gasteiger partial charge in [0, 0.05) is 12.0 Å².